The topological polar surface area (TPSA) is 165 Å². The van der Waals surface area contributed by atoms with Crippen LogP contribution < -0.4 is 0 Å². The first-order valence-corrected chi connectivity index (χ1v) is 5.63. The molecule has 0 fully saturated rings. The van der Waals surface area contributed by atoms with Gasteiger partial charge in [-0.3, -0.25) is 4.52 Å². The van der Waals surface area contributed by atoms with Crippen molar-refractivity contribution in [1.82, 2.24) is 0 Å². The van der Waals surface area contributed by atoms with Crippen molar-refractivity contribution < 1.29 is 44.1 Å². The summed E-state index contributed by atoms with van der Waals surface area (Å²) < 4.78 is 14.1. The number of rotatable bonds is 7. The van der Waals surface area contributed by atoms with E-state index >= 15 is 0 Å². The van der Waals surface area contributed by atoms with E-state index in [1.807, 2.05) is 0 Å². The van der Waals surface area contributed by atoms with Crippen molar-refractivity contribution in [2.75, 3.05) is 6.61 Å². The Morgan fingerprint density at radius 3 is 2.06 bits per heavy atom. The molecule has 0 saturated heterocycles. The van der Waals surface area contributed by atoms with Gasteiger partial charge in [0.15, 0.2) is 6.10 Å². The van der Waals surface area contributed by atoms with E-state index in [0.717, 1.165) is 0 Å². The highest BCUT2D eigenvalue weighted by atomic mass is 31.2. The van der Waals surface area contributed by atoms with Gasteiger partial charge >= 0.3 is 13.8 Å². The molecule has 6 N–H and O–H groups in total. The molecule has 0 radical (unpaired) electrons. The van der Waals surface area contributed by atoms with Crippen LogP contribution in [0.25, 0.3) is 0 Å². The summed E-state index contributed by atoms with van der Waals surface area (Å²) in [4.78, 5) is 26.7. The molecule has 0 aliphatic carbocycles. The standard InChI is InChI=1S/C6H13O9P/c7-3(1-4(8)6(10)11)5(9)2-15-16(12,13)14/h3-5,7-9H,1-2H2,(H,10,11)(H2,12,13,14)/t3-,4-,5+/m0/s1. The summed E-state index contributed by atoms with van der Waals surface area (Å²) in [5, 5.41) is 35.3. The first-order valence-electron chi connectivity index (χ1n) is 4.10. The number of hydrogen-bond donors (Lipinski definition) is 6. The van der Waals surface area contributed by atoms with Crippen molar-refractivity contribution >= 4 is 13.8 Å². The Labute approximate surface area is 90.2 Å². The van der Waals surface area contributed by atoms with E-state index in [9.17, 15) is 9.36 Å². The molecule has 0 rings (SSSR count). The maximum atomic E-state index is 10.2. The van der Waals surface area contributed by atoms with Gasteiger partial charge in [-0.05, 0) is 0 Å². The van der Waals surface area contributed by atoms with Crippen molar-refractivity contribution in [3.8, 4) is 0 Å². The molecule has 0 amide bonds. The van der Waals surface area contributed by atoms with Crippen molar-refractivity contribution in [2.45, 2.75) is 24.7 Å². The fourth-order valence-electron chi connectivity index (χ4n) is 0.771. The van der Waals surface area contributed by atoms with Gasteiger partial charge in [0.1, 0.15) is 6.10 Å². The number of carboxylic acids is 1. The number of aliphatic carboxylic acids is 1. The number of carboxylic acid groups (broad SMARTS) is 1. The van der Waals surface area contributed by atoms with Crippen LogP contribution in [0.15, 0.2) is 0 Å². The average Bonchev–Trinajstić information content (AvgIpc) is 2.12. The summed E-state index contributed by atoms with van der Waals surface area (Å²) in [7, 11) is -4.76. The summed E-state index contributed by atoms with van der Waals surface area (Å²) in [6.07, 6.45) is -5.93. The third-order valence-corrected chi connectivity index (χ3v) is 2.09. The Balaban J connectivity index is 4.04. The number of carbonyl (C=O) groups is 1. The first-order chi connectivity index (χ1) is 7.13. The van der Waals surface area contributed by atoms with Gasteiger partial charge in [-0.25, -0.2) is 9.36 Å². The van der Waals surface area contributed by atoms with E-state index < -0.39 is 45.1 Å². The number of phosphoric acid groups is 1. The van der Waals surface area contributed by atoms with Gasteiger partial charge in [-0.1, -0.05) is 0 Å². The smallest absolute Gasteiger partial charge is 0.469 e. The molecule has 0 aromatic rings. The summed E-state index contributed by atoms with van der Waals surface area (Å²) in [5.41, 5.74) is 0. The van der Waals surface area contributed by atoms with Gasteiger partial charge in [0, 0.05) is 6.42 Å². The second-order valence-corrected chi connectivity index (χ2v) is 4.25. The molecule has 0 spiro atoms. The van der Waals surface area contributed by atoms with Crippen molar-refractivity contribution in [2.24, 2.45) is 0 Å². The summed E-state index contributed by atoms with van der Waals surface area (Å²) in [6, 6.07) is 0. The fourth-order valence-corrected chi connectivity index (χ4v) is 1.12. The SMILES string of the molecule is O=C(O)[C@@H](O)C[C@H](O)[C@H](O)COP(=O)(O)O. The van der Waals surface area contributed by atoms with Gasteiger partial charge in [0.25, 0.3) is 0 Å². The molecule has 0 bridgehead atoms. The fraction of sp³-hybridized carbons (Fsp3) is 0.833. The zero-order valence-corrected chi connectivity index (χ0v) is 8.90. The Morgan fingerprint density at radius 2 is 1.69 bits per heavy atom. The minimum absolute atomic E-state index is 0.680. The zero-order valence-electron chi connectivity index (χ0n) is 8.00. The summed E-state index contributed by atoms with van der Waals surface area (Å²) in [5.74, 6) is -1.58. The zero-order chi connectivity index (χ0) is 12.9. The molecule has 0 aromatic heterocycles. The number of hydrogen-bond acceptors (Lipinski definition) is 6. The minimum Gasteiger partial charge on any atom is -0.479 e. The maximum absolute atomic E-state index is 10.2. The van der Waals surface area contributed by atoms with Gasteiger partial charge in [0.2, 0.25) is 0 Å². The Morgan fingerprint density at radius 1 is 1.19 bits per heavy atom. The minimum atomic E-state index is -4.76. The predicted molar refractivity (Wildman–Crippen MR) is 48.3 cm³/mol. The second kappa shape index (κ2) is 6.26. The van der Waals surface area contributed by atoms with E-state index in [-0.39, 0.29) is 0 Å². The Kier molecular flexibility index (Phi) is 6.05. The van der Waals surface area contributed by atoms with Gasteiger partial charge in [-0.15, -0.1) is 0 Å². The lowest BCUT2D eigenvalue weighted by molar-refractivity contribution is -0.149. The average molecular weight is 260 g/mol. The van der Waals surface area contributed by atoms with E-state index in [4.69, 9.17) is 30.2 Å². The highest BCUT2D eigenvalue weighted by Crippen LogP contribution is 2.35. The monoisotopic (exact) mass is 260 g/mol. The van der Waals surface area contributed by atoms with Crippen LogP contribution in [-0.2, 0) is 13.9 Å². The van der Waals surface area contributed by atoms with Crippen LogP contribution in [-0.4, -0.2) is 61.1 Å². The normalized spacial score (nSPS) is 17.8. The van der Waals surface area contributed by atoms with E-state index in [2.05, 4.69) is 4.52 Å². The Hall–Kier alpha value is -0.540. The van der Waals surface area contributed by atoms with Crippen molar-refractivity contribution in [3.05, 3.63) is 0 Å². The number of phosphoric ester groups is 1. The van der Waals surface area contributed by atoms with Gasteiger partial charge in [0.05, 0.1) is 12.7 Å². The lowest BCUT2D eigenvalue weighted by Crippen LogP contribution is -2.35. The first kappa shape index (κ1) is 15.5. The molecular formula is C6H13O9P. The third-order valence-electron chi connectivity index (χ3n) is 1.61. The van der Waals surface area contributed by atoms with E-state index in [1.165, 1.54) is 0 Å². The Bertz CT molecular complexity index is 273. The van der Waals surface area contributed by atoms with Crippen LogP contribution in [0.4, 0.5) is 0 Å². The molecule has 0 aromatic carbocycles. The molecule has 96 valence electrons. The van der Waals surface area contributed by atoms with Gasteiger partial charge in [-0.2, -0.15) is 0 Å². The quantitative estimate of drug-likeness (QED) is 0.275. The summed E-state index contributed by atoms with van der Waals surface area (Å²) >= 11 is 0. The second-order valence-electron chi connectivity index (χ2n) is 3.01. The highest BCUT2D eigenvalue weighted by molar-refractivity contribution is 7.46. The molecule has 0 unspecified atom stereocenters. The lowest BCUT2D eigenvalue weighted by Gasteiger charge is -2.18. The van der Waals surface area contributed by atoms with Crippen molar-refractivity contribution in [1.29, 1.82) is 0 Å². The summed E-state index contributed by atoms with van der Waals surface area (Å²) in [6.45, 7) is -0.877. The van der Waals surface area contributed by atoms with Crippen LogP contribution in [0.5, 0.6) is 0 Å². The number of aliphatic hydroxyl groups excluding tert-OH is 3. The van der Waals surface area contributed by atoms with Gasteiger partial charge < -0.3 is 30.2 Å². The number of aliphatic hydroxyl groups is 3. The molecule has 0 aliphatic heterocycles. The molecule has 0 heterocycles. The third kappa shape index (κ3) is 6.85. The molecule has 9 nitrogen and oxygen atoms in total. The molecular weight excluding hydrogens is 247 g/mol. The highest BCUT2D eigenvalue weighted by Gasteiger charge is 2.26. The van der Waals surface area contributed by atoms with Crippen LogP contribution in [0, 0.1) is 0 Å². The molecule has 0 aliphatic rings. The van der Waals surface area contributed by atoms with E-state index in [1.54, 1.807) is 0 Å². The van der Waals surface area contributed by atoms with Crippen LogP contribution in [0.3, 0.4) is 0 Å². The lowest BCUT2D eigenvalue weighted by atomic mass is 10.1. The van der Waals surface area contributed by atoms with Crippen LogP contribution in [0.1, 0.15) is 6.42 Å². The van der Waals surface area contributed by atoms with Crippen LogP contribution in [0.2, 0.25) is 0 Å². The van der Waals surface area contributed by atoms with E-state index in [0.29, 0.717) is 0 Å². The van der Waals surface area contributed by atoms with Crippen LogP contribution >= 0.6 is 7.82 Å². The predicted octanol–water partition coefficient (Wildman–Crippen LogP) is -2.35. The molecule has 0 saturated carbocycles. The largest absolute Gasteiger partial charge is 0.479 e. The van der Waals surface area contributed by atoms with Crippen molar-refractivity contribution in [3.63, 3.8) is 0 Å². The molecule has 3 atom stereocenters. The molecule has 16 heavy (non-hydrogen) atoms. The maximum Gasteiger partial charge on any atom is 0.469 e. The molecule has 10 heteroatoms.